The fourth-order valence-electron chi connectivity index (χ4n) is 2.97. The minimum Gasteiger partial charge on any atom is -0.372 e. The number of benzene rings is 2. The molecular weight excluding hydrogens is 386 g/mol. The van der Waals surface area contributed by atoms with E-state index in [1.54, 1.807) is 12.1 Å². The molecule has 8 heteroatoms. The summed E-state index contributed by atoms with van der Waals surface area (Å²) in [6, 6.07) is 12.5. The van der Waals surface area contributed by atoms with Crippen LogP contribution in [0, 0.1) is 0 Å². The van der Waals surface area contributed by atoms with E-state index in [0.717, 1.165) is 18.8 Å². The Balaban J connectivity index is 1.61. The number of hydrogen-bond acceptors (Lipinski definition) is 4. The van der Waals surface area contributed by atoms with Gasteiger partial charge in [-0.05, 0) is 62.2 Å². The molecule has 2 N–H and O–H groups in total. The highest BCUT2D eigenvalue weighted by Crippen LogP contribution is 2.22. The van der Waals surface area contributed by atoms with E-state index in [-0.39, 0.29) is 4.90 Å². The van der Waals surface area contributed by atoms with Crippen LogP contribution in [-0.2, 0) is 14.8 Å². The molecule has 27 heavy (non-hydrogen) atoms. The summed E-state index contributed by atoms with van der Waals surface area (Å²) >= 11 is 5.84. The average Bonchev–Trinajstić information content (AvgIpc) is 3.16. The summed E-state index contributed by atoms with van der Waals surface area (Å²) in [5, 5.41) is 3.05. The highest BCUT2D eigenvalue weighted by atomic mass is 35.5. The fraction of sp³-hybridized carbons (Fsp3) is 0.316. The summed E-state index contributed by atoms with van der Waals surface area (Å²) < 4.78 is 27.1. The Bertz CT molecular complexity index is 910. The third-order valence-corrected chi connectivity index (χ3v) is 6.21. The first-order valence-corrected chi connectivity index (χ1v) is 10.6. The van der Waals surface area contributed by atoms with Gasteiger partial charge in [0.1, 0.15) is 0 Å². The standard InChI is InChI=1S/C19H22ClN3O3S/c1-14(22-27(25,26)18-6-4-5-15(20)13-18)19(24)21-16-7-9-17(10-8-16)23-11-2-3-12-23/h4-10,13-14,22H,2-3,11-12H2,1H3,(H,21,24)/t14-/m0/s1. The molecule has 0 radical (unpaired) electrons. The molecule has 0 saturated carbocycles. The number of rotatable bonds is 6. The van der Waals surface area contributed by atoms with E-state index >= 15 is 0 Å². The van der Waals surface area contributed by atoms with Crippen LogP contribution >= 0.6 is 11.6 Å². The Kier molecular flexibility index (Phi) is 6.04. The molecule has 2 aromatic rings. The largest absolute Gasteiger partial charge is 0.372 e. The summed E-state index contributed by atoms with van der Waals surface area (Å²) in [4.78, 5) is 14.7. The number of carbonyl (C=O) groups excluding carboxylic acids is 1. The molecule has 1 fully saturated rings. The first kappa shape index (κ1) is 19.7. The monoisotopic (exact) mass is 407 g/mol. The van der Waals surface area contributed by atoms with Crippen LogP contribution in [0.2, 0.25) is 5.02 Å². The third-order valence-electron chi connectivity index (χ3n) is 4.44. The van der Waals surface area contributed by atoms with Crippen molar-refractivity contribution < 1.29 is 13.2 Å². The van der Waals surface area contributed by atoms with Crippen LogP contribution in [0.25, 0.3) is 0 Å². The number of nitrogens with zero attached hydrogens (tertiary/aromatic N) is 1. The summed E-state index contributed by atoms with van der Waals surface area (Å²) in [5.41, 5.74) is 1.75. The minimum absolute atomic E-state index is 0.0182. The molecule has 6 nitrogen and oxygen atoms in total. The molecular formula is C19H22ClN3O3S. The van der Waals surface area contributed by atoms with Crippen LogP contribution in [0.15, 0.2) is 53.4 Å². The Morgan fingerprint density at radius 1 is 1.11 bits per heavy atom. The molecule has 1 saturated heterocycles. The Morgan fingerprint density at radius 3 is 2.41 bits per heavy atom. The zero-order valence-electron chi connectivity index (χ0n) is 15.0. The van der Waals surface area contributed by atoms with Gasteiger partial charge in [-0.15, -0.1) is 0 Å². The molecule has 3 rings (SSSR count). The van der Waals surface area contributed by atoms with Crippen molar-refractivity contribution in [3.63, 3.8) is 0 Å². The van der Waals surface area contributed by atoms with Crippen LogP contribution in [0.1, 0.15) is 19.8 Å². The number of amides is 1. The van der Waals surface area contributed by atoms with Gasteiger partial charge >= 0.3 is 0 Å². The van der Waals surface area contributed by atoms with Gasteiger partial charge in [-0.25, -0.2) is 8.42 Å². The van der Waals surface area contributed by atoms with Crippen LogP contribution < -0.4 is 14.9 Å². The molecule has 1 aliphatic rings. The Labute approximate surface area is 164 Å². The zero-order valence-corrected chi connectivity index (χ0v) is 16.6. The van der Waals surface area contributed by atoms with Gasteiger partial charge in [0, 0.05) is 29.5 Å². The van der Waals surface area contributed by atoms with Crippen molar-refractivity contribution >= 4 is 38.9 Å². The lowest BCUT2D eigenvalue weighted by atomic mass is 10.2. The first-order chi connectivity index (χ1) is 12.8. The van der Waals surface area contributed by atoms with Crippen molar-refractivity contribution in [1.82, 2.24) is 4.72 Å². The number of anilines is 2. The summed E-state index contributed by atoms with van der Waals surface area (Å²) in [7, 11) is -3.84. The van der Waals surface area contributed by atoms with Crippen molar-refractivity contribution in [2.75, 3.05) is 23.3 Å². The maximum absolute atomic E-state index is 12.4. The average molecular weight is 408 g/mol. The minimum atomic E-state index is -3.84. The molecule has 144 valence electrons. The summed E-state index contributed by atoms with van der Waals surface area (Å²) in [6.45, 7) is 3.60. The van der Waals surface area contributed by atoms with Crippen molar-refractivity contribution in [3.8, 4) is 0 Å². The van der Waals surface area contributed by atoms with Crippen molar-refractivity contribution in [2.24, 2.45) is 0 Å². The van der Waals surface area contributed by atoms with Gasteiger partial charge in [0.2, 0.25) is 15.9 Å². The van der Waals surface area contributed by atoms with Crippen LogP contribution in [0.4, 0.5) is 11.4 Å². The smallest absolute Gasteiger partial charge is 0.242 e. The second kappa shape index (κ2) is 8.29. The highest BCUT2D eigenvalue weighted by molar-refractivity contribution is 7.89. The van der Waals surface area contributed by atoms with E-state index < -0.39 is 22.0 Å². The van der Waals surface area contributed by atoms with Gasteiger partial charge in [0.15, 0.2) is 0 Å². The third kappa shape index (κ3) is 5.00. The molecule has 0 bridgehead atoms. The van der Waals surface area contributed by atoms with Gasteiger partial charge in [0.05, 0.1) is 10.9 Å². The SMILES string of the molecule is C[C@H](NS(=O)(=O)c1cccc(Cl)c1)C(=O)Nc1ccc(N2CCCC2)cc1. The number of halogens is 1. The van der Waals surface area contributed by atoms with Gasteiger partial charge in [-0.1, -0.05) is 17.7 Å². The van der Waals surface area contributed by atoms with Crippen molar-refractivity contribution in [3.05, 3.63) is 53.6 Å². The van der Waals surface area contributed by atoms with E-state index in [1.807, 2.05) is 24.3 Å². The first-order valence-electron chi connectivity index (χ1n) is 8.79. The van der Waals surface area contributed by atoms with Gasteiger partial charge in [-0.2, -0.15) is 4.72 Å². The molecule has 0 aromatic heterocycles. The molecule has 1 aliphatic heterocycles. The quantitative estimate of drug-likeness (QED) is 0.770. The maximum atomic E-state index is 12.4. The van der Waals surface area contributed by atoms with Crippen LogP contribution in [0.5, 0.6) is 0 Å². The molecule has 0 aliphatic carbocycles. The summed E-state index contributed by atoms with van der Waals surface area (Å²) in [5.74, 6) is -0.436. The Morgan fingerprint density at radius 2 is 1.78 bits per heavy atom. The topological polar surface area (TPSA) is 78.5 Å². The zero-order chi connectivity index (χ0) is 19.4. The lowest BCUT2D eigenvalue weighted by Gasteiger charge is -2.18. The van der Waals surface area contributed by atoms with E-state index in [1.165, 1.54) is 31.9 Å². The predicted octanol–water partition coefficient (Wildman–Crippen LogP) is 3.25. The molecule has 0 unspecified atom stereocenters. The molecule has 2 aromatic carbocycles. The fourth-order valence-corrected chi connectivity index (χ4v) is 4.47. The Hall–Kier alpha value is -2.09. The molecule has 1 heterocycles. The molecule has 1 atom stereocenters. The predicted molar refractivity (Wildman–Crippen MR) is 108 cm³/mol. The van der Waals surface area contributed by atoms with E-state index in [9.17, 15) is 13.2 Å². The molecule has 1 amide bonds. The van der Waals surface area contributed by atoms with E-state index in [4.69, 9.17) is 11.6 Å². The number of nitrogens with one attached hydrogen (secondary N) is 2. The van der Waals surface area contributed by atoms with Crippen LogP contribution in [0.3, 0.4) is 0 Å². The van der Waals surface area contributed by atoms with E-state index in [0.29, 0.717) is 10.7 Å². The van der Waals surface area contributed by atoms with Crippen LogP contribution in [-0.4, -0.2) is 33.5 Å². The normalized spacial score (nSPS) is 15.6. The number of sulfonamides is 1. The molecule has 0 spiro atoms. The number of hydrogen-bond donors (Lipinski definition) is 2. The van der Waals surface area contributed by atoms with Gasteiger partial charge < -0.3 is 10.2 Å². The lowest BCUT2D eigenvalue weighted by molar-refractivity contribution is -0.117. The van der Waals surface area contributed by atoms with Crippen molar-refractivity contribution in [2.45, 2.75) is 30.7 Å². The second-order valence-electron chi connectivity index (χ2n) is 6.53. The van der Waals surface area contributed by atoms with Gasteiger partial charge in [-0.3, -0.25) is 4.79 Å². The maximum Gasteiger partial charge on any atom is 0.242 e. The number of carbonyl (C=O) groups is 1. The lowest BCUT2D eigenvalue weighted by Crippen LogP contribution is -2.41. The summed E-state index contributed by atoms with van der Waals surface area (Å²) in [6.07, 6.45) is 2.39. The van der Waals surface area contributed by atoms with E-state index in [2.05, 4.69) is 14.9 Å². The van der Waals surface area contributed by atoms with Crippen molar-refractivity contribution in [1.29, 1.82) is 0 Å². The van der Waals surface area contributed by atoms with Gasteiger partial charge in [0.25, 0.3) is 0 Å². The second-order valence-corrected chi connectivity index (χ2v) is 8.68. The highest BCUT2D eigenvalue weighted by Gasteiger charge is 2.22.